The summed E-state index contributed by atoms with van der Waals surface area (Å²) < 4.78 is 0. The molecule has 0 aliphatic heterocycles. The fourth-order valence-corrected chi connectivity index (χ4v) is 1.84. The average molecular weight is 207 g/mol. The summed E-state index contributed by atoms with van der Waals surface area (Å²) in [7, 11) is 1.91. The molecule has 0 saturated heterocycles. The van der Waals surface area contributed by atoms with E-state index in [1.807, 2.05) is 38.2 Å². The number of aryl methyl sites for hydroxylation is 1. The van der Waals surface area contributed by atoms with Gasteiger partial charge < -0.3 is 10.4 Å². The van der Waals surface area contributed by atoms with Gasteiger partial charge in [-0.3, -0.25) is 0 Å². The summed E-state index contributed by atoms with van der Waals surface area (Å²) in [6, 6.07) is 8.06. The summed E-state index contributed by atoms with van der Waals surface area (Å²) >= 11 is 0. The molecule has 2 heteroatoms. The first-order valence-electron chi connectivity index (χ1n) is 5.36. The summed E-state index contributed by atoms with van der Waals surface area (Å²) in [5, 5.41) is 13.4. The van der Waals surface area contributed by atoms with E-state index < -0.39 is 6.10 Å². The third-order valence-electron chi connectivity index (χ3n) is 2.73. The van der Waals surface area contributed by atoms with Crippen LogP contribution in [0.1, 0.15) is 31.1 Å². The lowest BCUT2D eigenvalue weighted by Crippen LogP contribution is -2.32. The minimum absolute atomic E-state index is 0.150. The van der Waals surface area contributed by atoms with E-state index in [-0.39, 0.29) is 5.41 Å². The maximum absolute atomic E-state index is 10.3. The van der Waals surface area contributed by atoms with E-state index in [9.17, 15) is 5.11 Å². The van der Waals surface area contributed by atoms with Crippen molar-refractivity contribution in [3.63, 3.8) is 0 Å². The summed E-state index contributed by atoms with van der Waals surface area (Å²) in [5.74, 6) is 0. The van der Waals surface area contributed by atoms with Crippen LogP contribution < -0.4 is 5.32 Å². The lowest BCUT2D eigenvalue weighted by molar-refractivity contribution is 0.0506. The standard InChI is InChI=1S/C13H21NO/c1-10-6-5-7-11(8-10)12(15)13(2,3)9-14-4/h5-8,12,14-15H,9H2,1-4H3. The highest BCUT2D eigenvalue weighted by molar-refractivity contribution is 5.25. The number of hydrogen-bond acceptors (Lipinski definition) is 2. The number of rotatable bonds is 4. The second-order valence-corrected chi connectivity index (χ2v) is 4.84. The maximum atomic E-state index is 10.3. The van der Waals surface area contributed by atoms with Gasteiger partial charge in [-0.2, -0.15) is 0 Å². The summed E-state index contributed by atoms with van der Waals surface area (Å²) in [5.41, 5.74) is 2.03. The highest BCUT2D eigenvalue weighted by Crippen LogP contribution is 2.32. The Kier molecular flexibility index (Phi) is 3.89. The Morgan fingerprint density at radius 1 is 1.40 bits per heavy atom. The third-order valence-corrected chi connectivity index (χ3v) is 2.73. The SMILES string of the molecule is CNCC(C)(C)C(O)c1cccc(C)c1. The van der Waals surface area contributed by atoms with Crippen molar-refractivity contribution in [2.24, 2.45) is 5.41 Å². The predicted octanol–water partition coefficient (Wildman–Crippen LogP) is 2.27. The Morgan fingerprint density at radius 2 is 2.07 bits per heavy atom. The molecular formula is C13H21NO. The second-order valence-electron chi connectivity index (χ2n) is 4.84. The molecule has 0 heterocycles. The molecule has 0 fully saturated rings. The molecule has 0 saturated carbocycles. The van der Waals surface area contributed by atoms with Crippen molar-refractivity contribution in [2.45, 2.75) is 26.9 Å². The van der Waals surface area contributed by atoms with Gasteiger partial charge in [0.25, 0.3) is 0 Å². The van der Waals surface area contributed by atoms with Crippen LogP contribution in [0, 0.1) is 12.3 Å². The fraction of sp³-hybridized carbons (Fsp3) is 0.538. The molecule has 2 N–H and O–H groups in total. The van der Waals surface area contributed by atoms with E-state index in [4.69, 9.17) is 0 Å². The van der Waals surface area contributed by atoms with Gasteiger partial charge in [0.2, 0.25) is 0 Å². The Labute approximate surface area is 92.3 Å². The molecule has 2 nitrogen and oxygen atoms in total. The van der Waals surface area contributed by atoms with Crippen LogP contribution in [0.4, 0.5) is 0 Å². The average Bonchev–Trinajstić information content (AvgIpc) is 2.16. The minimum atomic E-state index is -0.426. The zero-order valence-corrected chi connectivity index (χ0v) is 10.0. The monoisotopic (exact) mass is 207 g/mol. The molecule has 0 aliphatic carbocycles. The molecule has 1 unspecified atom stereocenters. The third kappa shape index (κ3) is 3.05. The van der Waals surface area contributed by atoms with Crippen molar-refractivity contribution in [1.82, 2.24) is 5.32 Å². The molecule has 1 aromatic carbocycles. The maximum Gasteiger partial charge on any atom is 0.0853 e. The van der Waals surface area contributed by atoms with Crippen molar-refractivity contribution in [2.75, 3.05) is 13.6 Å². The topological polar surface area (TPSA) is 32.3 Å². The zero-order valence-electron chi connectivity index (χ0n) is 10.0. The minimum Gasteiger partial charge on any atom is -0.388 e. The molecule has 0 bridgehead atoms. The lowest BCUT2D eigenvalue weighted by Gasteiger charge is -2.30. The second kappa shape index (κ2) is 4.77. The van der Waals surface area contributed by atoms with E-state index in [2.05, 4.69) is 19.2 Å². The van der Waals surface area contributed by atoms with Crippen LogP contribution in [0.15, 0.2) is 24.3 Å². The Morgan fingerprint density at radius 3 is 2.60 bits per heavy atom. The quantitative estimate of drug-likeness (QED) is 0.794. The van der Waals surface area contributed by atoms with Crippen molar-refractivity contribution in [3.05, 3.63) is 35.4 Å². The van der Waals surface area contributed by atoms with Gasteiger partial charge in [0, 0.05) is 12.0 Å². The van der Waals surface area contributed by atoms with Gasteiger partial charge in [-0.1, -0.05) is 43.7 Å². The van der Waals surface area contributed by atoms with Crippen molar-refractivity contribution >= 4 is 0 Å². The van der Waals surface area contributed by atoms with Gasteiger partial charge in [0.1, 0.15) is 0 Å². The molecule has 1 rings (SSSR count). The molecule has 1 aromatic rings. The highest BCUT2D eigenvalue weighted by atomic mass is 16.3. The van der Waals surface area contributed by atoms with Crippen molar-refractivity contribution in [1.29, 1.82) is 0 Å². The predicted molar refractivity (Wildman–Crippen MR) is 63.8 cm³/mol. The van der Waals surface area contributed by atoms with E-state index >= 15 is 0 Å². The van der Waals surface area contributed by atoms with Crippen LogP contribution >= 0.6 is 0 Å². The Hall–Kier alpha value is -0.860. The van der Waals surface area contributed by atoms with Crippen LogP contribution in [0.3, 0.4) is 0 Å². The van der Waals surface area contributed by atoms with Crippen molar-refractivity contribution in [3.8, 4) is 0 Å². The smallest absolute Gasteiger partial charge is 0.0853 e. The first kappa shape index (κ1) is 12.2. The molecule has 0 amide bonds. The zero-order chi connectivity index (χ0) is 11.5. The Bertz CT molecular complexity index is 320. The normalized spacial score (nSPS) is 13.9. The first-order valence-corrected chi connectivity index (χ1v) is 5.36. The number of benzene rings is 1. The molecule has 0 aromatic heterocycles. The van der Waals surface area contributed by atoms with Gasteiger partial charge in [-0.05, 0) is 19.5 Å². The molecule has 1 atom stereocenters. The van der Waals surface area contributed by atoms with Crippen LogP contribution in [0.25, 0.3) is 0 Å². The van der Waals surface area contributed by atoms with E-state index in [0.29, 0.717) is 0 Å². The number of hydrogen-bond donors (Lipinski definition) is 2. The summed E-state index contributed by atoms with van der Waals surface area (Å²) in [4.78, 5) is 0. The van der Waals surface area contributed by atoms with Crippen LogP contribution in [0.5, 0.6) is 0 Å². The molecule has 0 aliphatic rings. The first-order chi connectivity index (χ1) is 6.97. The number of nitrogens with one attached hydrogen (secondary N) is 1. The van der Waals surface area contributed by atoms with Gasteiger partial charge in [0.15, 0.2) is 0 Å². The molecule has 84 valence electrons. The molecule has 0 radical (unpaired) electrons. The summed E-state index contributed by atoms with van der Waals surface area (Å²) in [6.45, 7) is 6.97. The highest BCUT2D eigenvalue weighted by Gasteiger charge is 2.28. The van der Waals surface area contributed by atoms with Gasteiger partial charge >= 0.3 is 0 Å². The lowest BCUT2D eigenvalue weighted by atomic mass is 9.82. The van der Waals surface area contributed by atoms with E-state index in [1.54, 1.807) is 0 Å². The molecular weight excluding hydrogens is 186 g/mol. The van der Waals surface area contributed by atoms with Crippen LogP contribution in [0.2, 0.25) is 0 Å². The van der Waals surface area contributed by atoms with E-state index in [1.165, 1.54) is 5.56 Å². The van der Waals surface area contributed by atoms with Crippen molar-refractivity contribution < 1.29 is 5.11 Å². The van der Waals surface area contributed by atoms with Crippen LogP contribution in [-0.2, 0) is 0 Å². The van der Waals surface area contributed by atoms with E-state index in [0.717, 1.165) is 12.1 Å². The van der Waals surface area contributed by atoms with Gasteiger partial charge in [-0.15, -0.1) is 0 Å². The largest absolute Gasteiger partial charge is 0.388 e. The number of aliphatic hydroxyl groups is 1. The molecule has 15 heavy (non-hydrogen) atoms. The fourth-order valence-electron chi connectivity index (χ4n) is 1.84. The number of aliphatic hydroxyl groups excluding tert-OH is 1. The summed E-state index contributed by atoms with van der Waals surface area (Å²) in [6.07, 6.45) is -0.426. The van der Waals surface area contributed by atoms with Gasteiger partial charge in [0.05, 0.1) is 6.10 Å². The van der Waals surface area contributed by atoms with Crippen LogP contribution in [-0.4, -0.2) is 18.7 Å². The molecule has 0 spiro atoms. The van der Waals surface area contributed by atoms with Gasteiger partial charge in [-0.25, -0.2) is 0 Å². The Balaban J connectivity index is 2.88.